The van der Waals surface area contributed by atoms with E-state index < -0.39 is 0 Å². The van der Waals surface area contributed by atoms with Crippen LogP contribution in [0.25, 0.3) is 0 Å². The molecule has 3 atom stereocenters. The zero-order valence-electron chi connectivity index (χ0n) is 11.8. The second-order valence-electron chi connectivity index (χ2n) is 5.69. The number of carbonyl (C=O) groups is 1. The Kier molecular flexibility index (Phi) is 4.84. The van der Waals surface area contributed by atoms with Crippen molar-refractivity contribution in [3.05, 3.63) is 0 Å². The minimum absolute atomic E-state index is 0.0125. The molecule has 106 valence electrons. The first-order valence-corrected chi connectivity index (χ1v) is 7.39. The van der Waals surface area contributed by atoms with E-state index in [1.807, 2.05) is 11.8 Å². The van der Waals surface area contributed by atoms with Crippen LogP contribution in [0.15, 0.2) is 0 Å². The minimum Gasteiger partial charge on any atom is -0.328 e. The van der Waals surface area contributed by atoms with Gasteiger partial charge in [0.05, 0.1) is 12.1 Å². The van der Waals surface area contributed by atoms with E-state index in [-0.39, 0.29) is 24.0 Å². The maximum absolute atomic E-state index is 12.7. The molecule has 1 saturated heterocycles. The van der Waals surface area contributed by atoms with E-state index in [0.29, 0.717) is 12.5 Å². The van der Waals surface area contributed by atoms with Crippen LogP contribution in [-0.4, -0.2) is 35.5 Å². The van der Waals surface area contributed by atoms with Crippen LogP contribution >= 0.6 is 0 Å². The fourth-order valence-electron chi connectivity index (χ4n) is 3.45. The molecule has 2 rings (SSSR count). The number of amides is 1. The van der Waals surface area contributed by atoms with Gasteiger partial charge in [0, 0.05) is 12.6 Å². The summed E-state index contributed by atoms with van der Waals surface area (Å²) in [6, 6.07) is -0.236. The van der Waals surface area contributed by atoms with Crippen molar-refractivity contribution in [2.45, 2.75) is 63.6 Å². The van der Waals surface area contributed by atoms with E-state index in [2.05, 4.69) is 11.8 Å². The fourth-order valence-corrected chi connectivity index (χ4v) is 3.45. The molecule has 0 radical (unpaired) electrons. The van der Waals surface area contributed by atoms with Crippen LogP contribution in [-0.2, 0) is 4.79 Å². The Morgan fingerprint density at radius 3 is 2.58 bits per heavy atom. The molecule has 4 N–H and O–H groups in total. The lowest BCUT2D eigenvalue weighted by atomic mass is 9.97. The second kappa shape index (κ2) is 6.40. The quantitative estimate of drug-likeness (QED) is 0.741. The van der Waals surface area contributed by atoms with Crippen LogP contribution in [0.2, 0.25) is 0 Å². The third-order valence-corrected chi connectivity index (χ3v) is 4.53. The number of hydrogen-bond acceptors (Lipinski definition) is 3. The third-order valence-electron chi connectivity index (χ3n) is 4.53. The van der Waals surface area contributed by atoms with Crippen molar-refractivity contribution in [1.82, 2.24) is 4.90 Å². The molecule has 0 aromatic rings. The van der Waals surface area contributed by atoms with Crippen molar-refractivity contribution in [3.63, 3.8) is 0 Å². The highest BCUT2D eigenvalue weighted by Gasteiger charge is 2.39. The Labute approximate surface area is 115 Å². The number of hydrogen-bond donors (Lipinski definition) is 2. The van der Waals surface area contributed by atoms with Gasteiger partial charge in [0.25, 0.3) is 0 Å². The Morgan fingerprint density at radius 2 is 2.00 bits per heavy atom. The molecule has 19 heavy (non-hydrogen) atoms. The average Bonchev–Trinajstić information content (AvgIpc) is 3.06. The first-order chi connectivity index (χ1) is 9.19. The summed E-state index contributed by atoms with van der Waals surface area (Å²) in [4.78, 5) is 14.5. The molecular weight excluding hydrogens is 238 g/mol. The molecule has 1 aliphatic heterocycles. The van der Waals surface area contributed by atoms with Crippen molar-refractivity contribution in [1.29, 1.82) is 0 Å². The molecule has 2 fully saturated rings. The number of nitrogens with two attached hydrogens (primary N) is 2. The van der Waals surface area contributed by atoms with Gasteiger partial charge < -0.3 is 16.4 Å². The SMILES string of the molecule is CC#CC1CCC(CN)N1C(=O)C(N)C1CCCC1. The summed E-state index contributed by atoms with van der Waals surface area (Å²) in [6.07, 6.45) is 6.43. The predicted molar refractivity (Wildman–Crippen MR) is 76.1 cm³/mol. The molecule has 0 bridgehead atoms. The molecule has 0 spiro atoms. The fraction of sp³-hybridized carbons (Fsp3) is 0.800. The molecule has 4 heteroatoms. The van der Waals surface area contributed by atoms with Gasteiger partial charge in [-0.25, -0.2) is 0 Å². The van der Waals surface area contributed by atoms with Gasteiger partial charge in [0.1, 0.15) is 0 Å². The standard InChI is InChI=1S/C15H25N3O/c1-2-5-12-8-9-13(10-16)18(12)15(19)14(17)11-6-3-4-7-11/h11-14H,3-4,6-10,16-17H2,1H3. The van der Waals surface area contributed by atoms with Gasteiger partial charge >= 0.3 is 0 Å². The van der Waals surface area contributed by atoms with Crippen molar-refractivity contribution in [2.24, 2.45) is 17.4 Å². The molecule has 1 aliphatic carbocycles. The molecule has 1 saturated carbocycles. The maximum atomic E-state index is 12.7. The predicted octanol–water partition coefficient (Wildman–Crippen LogP) is 0.846. The molecule has 0 aromatic heterocycles. The largest absolute Gasteiger partial charge is 0.328 e. The van der Waals surface area contributed by atoms with Crippen molar-refractivity contribution < 1.29 is 4.79 Å². The summed E-state index contributed by atoms with van der Waals surface area (Å²) >= 11 is 0. The number of nitrogens with zero attached hydrogens (tertiary/aromatic N) is 1. The smallest absolute Gasteiger partial charge is 0.241 e. The van der Waals surface area contributed by atoms with Gasteiger partial charge in [0.15, 0.2) is 0 Å². The van der Waals surface area contributed by atoms with Crippen molar-refractivity contribution >= 4 is 5.91 Å². The van der Waals surface area contributed by atoms with Crippen LogP contribution < -0.4 is 11.5 Å². The lowest BCUT2D eigenvalue weighted by Gasteiger charge is -2.31. The lowest BCUT2D eigenvalue weighted by Crippen LogP contribution is -2.53. The average molecular weight is 263 g/mol. The van der Waals surface area contributed by atoms with Crippen LogP contribution in [0.4, 0.5) is 0 Å². The summed E-state index contributed by atoms with van der Waals surface area (Å²) in [5.74, 6) is 6.46. The molecule has 1 heterocycles. The van der Waals surface area contributed by atoms with Crippen molar-refractivity contribution in [3.8, 4) is 11.8 Å². The monoisotopic (exact) mass is 263 g/mol. The lowest BCUT2D eigenvalue weighted by molar-refractivity contribution is -0.135. The second-order valence-corrected chi connectivity index (χ2v) is 5.69. The Hall–Kier alpha value is -1.05. The molecule has 0 aromatic carbocycles. The summed E-state index contributed by atoms with van der Waals surface area (Å²) in [6.45, 7) is 2.32. The van der Waals surface area contributed by atoms with Gasteiger partial charge in [-0.15, -0.1) is 5.92 Å². The normalized spacial score (nSPS) is 29.1. The van der Waals surface area contributed by atoms with Crippen LogP contribution in [0, 0.1) is 17.8 Å². The highest BCUT2D eigenvalue weighted by atomic mass is 16.2. The van der Waals surface area contributed by atoms with E-state index in [4.69, 9.17) is 11.5 Å². The molecule has 2 aliphatic rings. The van der Waals surface area contributed by atoms with Gasteiger partial charge in [-0.05, 0) is 38.5 Å². The Morgan fingerprint density at radius 1 is 1.32 bits per heavy atom. The highest BCUT2D eigenvalue weighted by Crippen LogP contribution is 2.30. The molecule has 1 amide bonds. The first kappa shape index (κ1) is 14.4. The van der Waals surface area contributed by atoms with Gasteiger partial charge in [-0.1, -0.05) is 18.8 Å². The van der Waals surface area contributed by atoms with E-state index >= 15 is 0 Å². The number of rotatable bonds is 3. The summed E-state index contributed by atoms with van der Waals surface area (Å²) in [7, 11) is 0. The molecular formula is C15H25N3O. The Bertz CT molecular complexity index is 379. The van der Waals surface area contributed by atoms with Crippen LogP contribution in [0.5, 0.6) is 0 Å². The Balaban J connectivity index is 2.10. The topological polar surface area (TPSA) is 72.3 Å². The summed E-state index contributed by atoms with van der Waals surface area (Å²) in [5, 5.41) is 0. The highest BCUT2D eigenvalue weighted by molar-refractivity contribution is 5.83. The van der Waals surface area contributed by atoms with E-state index in [1.54, 1.807) is 0 Å². The van der Waals surface area contributed by atoms with E-state index in [0.717, 1.165) is 25.7 Å². The van der Waals surface area contributed by atoms with Gasteiger partial charge in [0.2, 0.25) is 5.91 Å². The van der Waals surface area contributed by atoms with Gasteiger partial charge in [-0.2, -0.15) is 0 Å². The summed E-state index contributed by atoms with van der Waals surface area (Å²) in [5.41, 5.74) is 12.0. The van der Waals surface area contributed by atoms with Crippen LogP contribution in [0.1, 0.15) is 45.4 Å². The van der Waals surface area contributed by atoms with Crippen molar-refractivity contribution in [2.75, 3.05) is 6.54 Å². The van der Waals surface area contributed by atoms with E-state index in [9.17, 15) is 4.79 Å². The zero-order valence-corrected chi connectivity index (χ0v) is 11.8. The van der Waals surface area contributed by atoms with E-state index in [1.165, 1.54) is 12.8 Å². The maximum Gasteiger partial charge on any atom is 0.241 e. The molecule has 3 unspecified atom stereocenters. The van der Waals surface area contributed by atoms with Crippen LogP contribution in [0.3, 0.4) is 0 Å². The first-order valence-electron chi connectivity index (χ1n) is 7.39. The minimum atomic E-state index is -0.365. The molecule has 4 nitrogen and oxygen atoms in total. The van der Waals surface area contributed by atoms with Gasteiger partial charge in [-0.3, -0.25) is 4.79 Å². The third kappa shape index (κ3) is 2.93. The summed E-state index contributed by atoms with van der Waals surface area (Å²) < 4.78 is 0. The number of carbonyl (C=O) groups excluding carboxylic acids is 1. The zero-order chi connectivity index (χ0) is 13.8. The number of likely N-dealkylation sites (tertiary alicyclic amines) is 1.